The molecule has 1 unspecified atom stereocenters. The predicted molar refractivity (Wildman–Crippen MR) is 101 cm³/mol. The number of carbonyl (C=O) groups is 1. The summed E-state index contributed by atoms with van der Waals surface area (Å²) in [5, 5.41) is 0. The number of ether oxygens (including phenoxy) is 2. The average molecular weight is 340 g/mol. The Labute approximate surface area is 151 Å². The minimum atomic E-state index is -0.652. The molecule has 0 amide bonds. The molecule has 2 aromatic rings. The van der Waals surface area contributed by atoms with Crippen LogP contribution in [0, 0.1) is 0 Å². The molecule has 3 heteroatoms. The van der Waals surface area contributed by atoms with E-state index in [1.165, 1.54) is 24.8 Å². The Kier molecular flexibility index (Phi) is 8.03. The Balaban J connectivity index is 1.89. The molecular formula is C22H28O3. The van der Waals surface area contributed by atoms with E-state index in [4.69, 9.17) is 9.47 Å². The molecule has 1 atom stereocenters. The lowest BCUT2D eigenvalue weighted by Gasteiger charge is -2.17. The maximum Gasteiger partial charge on any atom is 0.514 e. The van der Waals surface area contributed by atoms with Gasteiger partial charge in [-0.15, -0.1) is 0 Å². The lowest BCUT2D eigenvalue weighted by atomic mass is 10.1. The largest absolute Gasteiger partial charge is 0.514 e. The Morgan fingerprint density at radius 2 is 1.64 bits per heavy atom. The summed E-state index contributed by atoms with van der Waals surface area (Å²) in [6.45, 7) is 4.27. The lowest BCUT2D eigenvalue weighted by Crippen LogP contribution is -2.15. The van der Waals surface area contributed by atoms with Crippen LogP contribution in [0.2, 0.25) is 0 Å². The van der Waals surface area contributed by atoms with Crippen LogP contribution in [-0.4, -0.2) is 6.16 Å². The molecule has 0 aliphatic carbocycles. The zero-order chi connectivity index (χ0) is 17.9. The van der Waals surface area contributed by atoms with Gasteiger partial charge in [-0.05, 0) is 42.5 Å². The van der Waals surface area contributed by atoms with Gasteiger partial charge >= 0.3 is 6.16 Å². The van der Waals surface area contributed by atoms with Gasteiger partial charge in [0.1, 0.15) is 11.9 Å². The highest BCUT2D eigenvalue weighted by Crippen LogP contribution is 2.24. The molecule has 0 bridgehead atoms. The molecule has 0 heterocycles. The van der Waals surface area contributed by atoms with Crippen LogP contribution in [0.5, 0.6) is 5.75 Å². The number of benzene rings is 2. The first-order valence-corrected chi connectivity index (χ1v) is 9.25. The average Bonchev–Trinajstić information content (AvgIpc) is 2.64. The highest BCUT2D eigenvalue weighted by atomic mass is 16.7. The summed E-state index contributed by atoms with van der Waals surface area (Å²) in [5.41, 5.74) is 2.26. The third-order valence-electron chi connectivity index (χ3n) is 4.15. The number of hydrogen-bond donors (Lipinski definition) is 0. The number of hydrogen-bond acceptors (Lipinski definition) is 3. The van der Waals surface area contributed by atoms with Crippen LogP contribution in [0.15, 0.2) is 54.6 Å². The van der Waals surface area contributed by atoms with Gasteiger partial charge < -0.3 is 9.47 Å². The van der Waals surface area contributed by atoms with Crippen LogP contribution in [0.3, 0.4) is 0 Å². The monoisotopic (exact) mass is 340 g/mol. The fraction of sp³-hybridized carbons (Fsp3) is 0.409. The summed E-state index contributed by atoms with van der Waals surface area (Å²) in [5.74, 6) is 0.521. The molecule has 0 saturated heterocycles. The first kappa shape index (κ1) is 19.0. The van der Waals surface area contributed by atoms with Crippen LogP contribution >= 0.6 is 0 Å². The van der Waals surface area contributed by atoms with E-state index in [0.29, 0.717) is 5.75 Å². The third-order valence-corrected chi connectivity index (χ3v) is 4.15. The van der Waals surface area contributed by atoms with Crippen LogP contribution in [-0.2, 0) is 11.2 Å². The Morgan fingerprint density at radius 1 is 0.920 bits per heavy atom. The van der Waals surface area contributed by atoms with Gasteiger partial charge in [0.2, 0.25) is 0 Å². The summed E-state index contributed by atoms with van der Waals surface area (Å²) in [4.78, 5) is 12.1. The Morgan fingerprint density at radius 3 is 2.28 bits per heavy atom. The second-order valence-electron chi connectivity index (χ2n) is 6.26. The minimum Gasteiger partial charge on any atom is -0.426 e. The topological polar surface area (TPSA) is 35.5 Å². The van der Waals surface area contributed by atoms with Crippen LogP contribution in [0.1, 0.15) is 63.2 Å². The highest BCUT2D eigenvalue weighted by molar-refractivity contribution is 5.64. The van der Waals surface area contributed by atoms with Crippen LogP contribution in [0.4, 0.5) is 4.79 Å². The SMILES string of the molecule is CCCCCc1ccc(OC(=O)OC(CCC)c2ccccc2)cc1. The van der Waals surface area contributed by atoms with E-state index in [1.807, 2.05) is 54.6 Å². The van der Waals surface area contributed by atoms with Crippen molar-refractivity contribution in [3.05, 3.63) is 65.7 Å². The second-order valence-corrected chi connectivity index (χ2v) is 6.26. The summed E-state index contributed by atoms with van der Waals surface area (Å²) in [6.07, 6.45) is 5.48. The van der Waals surface area contributed by atoms with Crippen molar-refractivity contribution in [2.75, 3.05) is 0 Å². The van der Waals surface area contributed by atoms with E-state index in [1.54, 1.807) is 0 Å². The number of unbranched alkanes of at least 4 members (excludes halogenated alkanes) is 2. The van der Waals surface area contributed by atoms with Gasteiger partial charge in [0.25, 0.3) is 0 Å². The smallest absolute Gasteiger partial charge is 0.426 e. The maximum absolute atomic E-state index is 12.1. The molecule has 0 spiro atoms. The molecule has 0 fully saturated rings. The van der Waals surface area contributed by atoms with Gasteiger partial charge in [-0.1, -0.05) is 75.6 Å². The number of carbonyl (C=O) groups excluding carboxylic acids is 1. The molecular weight excluding hydrogens is 312 g/mol. The normalized spacial score (nSPS) is 11.8. The fourth-order valence-electron chi connectivity index (χ4n) is 2.76. The molecule has 2 aromatic carbocycles. The first-order valence-electron chi connectivity index (χ1n) is 9.25. The lowest BCUT2D eigenvalue weighted by molar-refractivity contribution is 0.0537. The third kappa shape index (κ3) is 6.61. The van der Waals surface area contributed by atoms with E-state index >= 15 is 0 Å². The van der Waals surface area contributed by atoms with E-state index in [2.05, 4.69) is 13.8 Å². The van der Waals surface area contributed by atoms with E-state index in [9.17, 15) is 4.79 Å². The van der Waals surface area contributed by atoms with Crippen molar-refractivity contribution in [2.24, 2.45) is 0 Å². The maximum atomic E-state index is 12.1. The first-order chi connectivity index (χ1) is 12.2. The standard InChI is InChI=1S/C22H28O3/c1-3-5-7-11-18-14-16-20(17-15-18)24-22(23)25-21(10-4-2)19-12-8-6-9-13-19/h6,8-9,12-17,21H,3-5,7,10-11H2,1-2H3. The van der Waals surface area contributed by atoms with Crippen LogP contribution in [0.25, 0.3) is 0 Å². The number of rotatable bonds is 9. The van der Waals surface area contributed by atoms with Crippen molar-refractivity contribution < 1.29 is 14.3 Å². The zero-order valence-electron chi connectivity index (χ0n) is 15.2. The molecule has 2 rings (SSSR count). The predicted octanol–water partition coefficient (Wildman–Crippen LogP) is 6.48. The molecule has 0 aromatic heterocycles. The molecule has 134 valence electrons. The van der Waals surface area contributed by atoms with Crippen molar-refractivity contribution in [2.45, 2.75) is 58.5 Å². The quantitative estimate of drug-likeness (QED) is 0.298. The van der Waals surface area contributed by atoms with Crippen molar-refractivity contribution in [3.63, 3.8) is 0 Å². The zero-order valence-corrected chi connectivity index (χ0v) is 15.2. The van der Waals surface area contributed by atoms with Gasteiger partial charge in [-0.3, -0.25) is 0 Å². The van der Waals surface area contributed by atoms with Gasteiger partial charge in [-0.25, -0.2) is 4.79 Å². The fourth-order valence-corrected chi connectivity index (χ4v) is 2.76. The van der Waals surface area contributed by atoms with Gasteiger partial charge in [0.05, 0.1) is 0 Å². The van der Waals surface area contributed by atoms with Crippen LogP contribution < -0.4 is 4.74 Å². The van der Waals surface area contributed by atoms with Crippen molar-refractivity contribution in [1.82, 2.24) is 0 Å². The Hall–Kier alpha value is -2.29. The van der Waals surface area contributed by atoms with Gasteiger partial charge in [0, 0.05) is 0 Å². The molecule has 0 aliphatic rings. The van der Waals surface area contributed by atoms with E-state index < -0.39 is 6.16 Å². The van der Waals surface area contributed by atoms with Crippen molar-refractivity contribution >= 4 is 6.16 Å². The summed E-state index contributed by atoms with van der Waals surface area (Å²) < 4.78 is 10.9. The second kappa shape index (κ2) is 10.5. The highest BCUT2D eigenvalue weighted by Gasteiger charge is 2.17. The Bertz CT molecular complexity index is 619. The summed E-state index contributed by atoms with van der Waals surface area (Å²) >= 11 is 0. The summed E-state index contributed by atoms with van der Waals surface area (Å²) in [7, 11) is 0. The van der Waals surface area contributed by atoms with E-state index in [0.717, 1.165) is 24.8 Å². The molecule has 0 N–H and O–H groups in total. The molecule has 3 nitrogen and oxygen atoms in total. The van der Waals surface area contributed by atoms with Crippen molar-refractivity contribution in [3.8, 4) is 5.75 Å². The van der Waals surface area contributed by atoms with Gasteiger partial charge in [-0.2, -0.15) is 0 Å². The minimum absolute atomic E-state index is 0.271. The van der Waals surface area contributed by atoms with E-state index in [-0.39, 0.29) is 6.10 Å². The molecule has 0 saturated carbocycles. The molecule has 0 radical (unpaired) electrons. The van der Waals surface area contributed by atoms with Crippen molar-refractivity contribution in [1.29, 1.82) is 0 Å². The molecule has 0 aliphatic heterocycles. The molecule has 25 heavy (non-hydrogen) atoms. The summed E-state index contributed by atoms with van der Waals surface area (Å²) in [6, 6.07) is 17.5. The van der Waals surface area contributed by atoms with Gasteiger partial charge in [0.15, 0.2) is 0 Å². The number of aryl methyl sites for hydroxylation is 1.